The lowest BCUT2D eigenvalue weighted by molar-refractivity contribution is 0.102. The van der Waals surface area contributed by atoms with Crippen LogP contribution in [0.3, 0.4) is 0 Å². The highest BCUT2D eigenvalue weighted by Gasteiger charge is 2.12. The number of aryl methyl sites for hydroxylation is 1. The van der Waals surface area contributed by atoms with Gasteiger partial charge in [-0.05, 0) is 49.4 Å². The van der Waals surface area contributed by atoms with Crippen LogP contribution in [-0.2, 0) is 6.54 Å². The molecule has 0 saturated heterocycles. The summed E-state index contributed by atoms with van der Waals surface area (Å²) in [6.07, 6.45) is 1.59. The van der Waals surface area contributed by atoms with Crippen molar-refractivity contribution in [3.05, 3.63) is 82.8 Å². The molecule has 1 amide bonds. The molecule has 1 aromatic heterocycles. The number of rotatable bonds is 7. The van der Waals surface area contributed by atoms with Crippen LogP contribution in [-0.4, -0.2) is 16.2 Å². The van der Waals surface area contributed by atoms with E-state index in [0.29, 0.717) is 45.8 Å². The third-order valence-corrected chi connectivity index (χ3v) is 4.83. The number of anilines is 3. The predicted octanol–water partition coefficient (Wildman–Crippen LogP) is 5.18. The van der Waals surface area contributed by atoms with Gasteiger partial charge in [0.05, 0.1) is 16.9 Å². The minimum absolute atomic E-state index is 0.138. The monoisotopic (exact) mass is 415 g/mol. The lowest BCUT2D eigenvalue weighted by Crippen LogP contribution is -2.20. The van der Waals surface area contributed by atoms with Gasteiger partial charge in [-0.3, -0.25) is 9.59 Å². The molecule has 3 aromatic rings. The smallest absolute Gasteiger partial charge is 0.288 e. The van der Waals surface area contributed by atoms with Crippen LogP contribution in [0.15, 0.2) is 76.6 Å². The summed E-state index contributed by atoms with van der Waals surface area (Å²) in [5.74, 6) is -2.81. The third-order valence-electron chi connectivity index (χ3n) is 4.11. The maximum atomic E-state index is 12.8. The summed E-state index contributed by atoms with van der Waals surface area (Å²) in [5.41, 5.74) is 2.03. The number of amides is 1. The Hall–Kier alpha value is -3.13. The first-order chi connectivity index (χ1) is 14.0. The first kappa shape index (κ1) is 20.6. The highest BCUT2D eigenvalue weighted by Crippen LogP contribution is 2.28. The number of thioether (sulfide) groups is 1. The highest BCUT2D eigenvalue weighted by atomic mass is 32.2. The van der Waals surface area contributed by atoms with Crippen molar-refractivity contribution in [2.75, 3.05) is 10.6 Å². The van der Waals surface area contributed by atoms with Gasteiger partial charge in [0.15, 0.2) is 0 Å². The zero-order chi connectivity index (χ0) is 20.8. The average Bonchev–Trinajstić information content (AvgIpc) is 2.71. The average molecular weight is 415 g/mol. The van der Waals surface area contributed by atoms with Crippen molar-refractivity contribution in [1.29, 1.82) is 0 Å². The molecule has 0 spiro atoms. The van der Waals surface area contributed by atoms with Crippen LogP contribution >= 0.6 is 11.8 Å². The fourth-order valence-corrected chi connectivity index (χ4v) is 3.22. The van der Waals surface area contributed by atoms with Crippen molar-refractivity contribution in [3.8, 4) is 0 Å². The number of para-hydroxylation sites is 1. The Morgan fingerprint density at radius 1 is 1.03 bits per heavy atom. The zero-order valence-corrected chi connectivity index (χ0v) is 16.4. The van der Waals surface area contributed by atoms with Gasteiger partial charge < -0.3 is 15.2 Å². The molecule has 3 rings (SSSR count). The number of halogens is 2. The largest absolute Gasteiger partial charge is 0.355 e. The molecule has 1 heterocycles. The summed E-state index contributed by atoms with van der Waals surface area (Å²) in [7, 11) is 0. The van der Waals surface area contributed by atoms with E-state index < -0.39 is 5.76 Å². The predicted molar refractivity (Wildman–Crippen MR) is 112 cm³/mol. The van der Waals surface area contributed by atoms with Crippen LogP contribution < -0.4 is 16.2 Å². The molecule has 0 atom stereocenters. The molecule has 0 unspecified atom stereocenters. The molecule has 2 N–H and O–H groups in total. The van der Waals surface area contributed by atoms with Gasteiger partial charge in [0.25, 0.3) is 17.2 Å². The Bertz CT molecular complexity index is 1050. The number of carbonyl (C=O) groups excluding carboxylic acids is 1. The Kier molecular flexibility index (Phi) is 6.66. The maximum Gasteiger partial charge on any atom is 0.288 e. The van der Waals surface area contributed by atoms with Gasteiger partial charge in [-0.1, -0.05) is 23.9 Å². The van der Waals surface area contributed by atoms with Crippen molar-refractivity contribution < 1.29 is 13.6 Å². The second kappa shape index (κ2) is 9.38. The van der Waals surface area contributed by atoms with E-state index in [-0.39, 0.29) is 11.5 Å². The summed E-state index contributed by atoms with van der Waals surface area (Å²) in [5, 5.41) is 5.93. The van der Waals surface area contributed by atoms with Gasteiger partial charge in [0, 0.05) is 29.4 Å². The van der Waals surface area contributed by atoms with Crippen LogP contribution in [0.25, 0.3) is 0 Å². The van der Waals surface area contributed by atoms with E-state index in [1.165, 1.54) is 10.6 Å². The minimum Gasteiger partial charge on any atom is -0.355 e. The zero-order valence-electron chi connectivity index (χ0n) is 15.6. The standard InChI is InChI=1S/C21H19F2N3O2S/c1-2-26-13-15(9-12-19(26)27)25-20(28)17-5-3-4-6-18(17)24-14-7-10-16(11-8-14)29-21(22)23/h3-13,21,24H,2H2,1H3,(H,25,28). The van der Waals surface area contributed by atoms with Gasteiger partial charge >= 0.3 is 0 Å². The molecule has 0 fully saturated rings. The molecular weight excluding hydrogens is 396 g/mol. The first-order valence-corrected chi connectivity index (χ1v) is 9.77. The SMILES string of the molecule is CCn1cc(NC(=O)c2ccccc2Nc2ccc(SC(F)F)cc2)ccc1=O. The number of hydrogen-bond acceptors (Lipinski definition) is 4. The number of alkyl halides is 2. The van der Waals surface area contributed by atoms with E-state index in [2.05, 4.69) is 10.6 Å². The summed E-state index contributed by atoms with van der Waals surface area (Å²) in [6.45, 7) is 2.35. The summed E-state index contributed by atoms with van der Waals surface area (Å²) < 4.78 is 26.4. The summed E-state index contributed by atoms with van der Waals surface area (Å²) in [4.78, 5) is 24.9. The number of nitrogens with one attached hydrogen (secondary N) is 2. The van der Waals surface area contributed by atoms with Gasteiger partial charge in [-0.25, -0.2) is 0 Å². The highest BCUT2D eigenvalue weighted by molar-refractivity contribution is 7.99. The number of benzene rings is 2. The van der Waals surface area contributed by atoms with Gasteiger partial charge in [-0.2, -0.15) is 8.78 Å². The summed E-state index contributed by atoms with van der Waals surface area (Å²) in [6, 6.07) is 16.5. The minimum atomic E-state index is -2.47. The van der Waals surface area contributed by atoms with Crippen molar-refractivity contribution in [1.82, 2.24) is 4.57 Å². The molecule has 0 bridgehead atoms. The second-order valence-electron chi connectivity index (χ2n) is 6.07. The van der Waals surface area contributed by atoms with E-state index in [1.807, 2.05) is 6.92 Å². The van der Waals surface area contributed by atoms with Crippen molar-refractivity contribution in [2.45, 2.75) is 24.1 Å². The van der Waals surface area contributed by atoms with Gasteiger partial charge in [0.1, 0.15) is 0 Å². The van der Waals surface area contributed by atoms with Crippen LogP contribution in [0.2, 0.25) is 0 Å². The van der Waals surface area contributed by atoms with E-state index in [9.17, 15) is 18.4 Å². The van der Waals surface area contributed by atoms with Crippen molar-refractivity contribution >= 4 is 34.7 Å². The molecule has 0 aliphatic rings. The Labute approximate surface area is 170 Å². The van der Waals surface area contributed by atoms with E-state index >= 15 is 0 Å². The van der Waals surface area contributed by atoms with E-state index in [4.69, 9.17) is 0 Å². The maximum absolute atomic E-state index is 12.8. The molecule has 5 nitrogen and oxygen atoms in total. The van der Waals surface area contributed by atoms with Crippen molar-refractivity contribution in [2.24, 2.45) is 0 Å². The fraction of sp³-hybridized carbons (Fsp3) is 0.143. The molecule has 0 aliphatic carbocycles. The number of hydrogen-bond donors (Lipinski definition) is 2. The molecule has 29 heavy (non-hydrogen) atoms. The molecule has 150 valence electrons. The normalized spacial score (nSPS) is 10.8. The van der Waals surface area contributed by atoms with Crippen LogP contribution in [0.5, 0.6) is 0 Å². The molecular formula is C21H19F2N3O2S. The van der Waals surface area contributed by atoms with Gasteiger partial charge in [-0.15, -0.1) is 0 Å². The van der Waals surface area contributed by atoms with Crippen LogP contribution in [0.4, 0.5) is 25.8 Å². The quantitative estimate of drug-likeness (QED) is 0.522. The molecule has 2 aromatic carbocycles. The lowest BCUT2D eigenvalue weighted by atomic mass is 10.1. The first-order valence-electron chi connectivity index (χ1n) is 8.89. The van der Waals surface area contributed by atoms with Crippen LogP contribution in [0, 0.1) is 0 Å². The van der Waals surface area contributed by atoms with Gasteiger partial charge in [0.2, 0.25) is 0 Å². The summed E-state index contributed by atoms with van der Waals surface area (Å²) >= 11 is 0.477. The molecule has 0 saturated carbocycles. The van der Waals surface area contributed by atoms with E-state index in [0.717, 1.165) is 0 Å². The topological polar surface area (TPSA) is 63.1 Å². The second-order valence-corrected chi connectivity index (χ2v) is 7.13. The Morgan fingerprint density at radius 2 is 1.72 bits per heavy atom. The number of aromatic nitrogens is 1. The lowest BCUT2D eigenvalue weighted by Gasteiger charge is -2.13. The van der Waals surface area contributed by atoms with Crippen LogP contribution in [0.1, 0.15) is 17.3 Å². The third kappa shape index (κ3) is 5.45. The number of pyridine rings is 1. The molecule has 0 radical (unpaired) electrons. The Morgan fingerprint density at radius 3 is 2.41 bits per heavy atom. The fourth-order valence-electron chi connectivity index (χ4n) is 2.72. The van der Waals surface area contributed by atoms with Crippen molar-refractivity contribution in [3.63, 3.8) is 0 Å². The van der Waals surface area contributed by atoms with E-state index in [1.54, 1.807) is 60.8 Å². The Balaban J connectivity index is 1.78. The number of carbonyl (C=O) groups is 1. The molecule has 0 aliphatic heterocycles. The molecule has 8 heteroatoms. The number of nitrogens with zero attached hydrogens (tertiary/aromatic N) is 1.